The Labute approximate surface area is 92.1 Å². The summed E-state index contributed by atoms with van der Waals surface area (Å²) < 4.78 is 26.5. The number of nitrogens with one attached hydrogen (secondary N) is 1. The van der Waals surface area contributed by atoms with Crippen molar-refractivity contribution < 1.29 is 18.7 Å². The van der Waals surface area contributed by atoms with Crippen molar-refractivity contribution in [3.05, 3.63) is 35.4 Å². The van der Waals surface area contributed by atoms with E-state index in [4.69, 9.17) is 5.11 Å². The smallest absolute Gasteiger partial charge is 0.328 e. The number of halogens is 2. The Balaban J connectivity index is 3.32. The Hall–Kier alpha value is -1.49. The van der Waals surface area contributed by atoms with Crippen LogP contribution in [0.4, 0.5) is 8.78 Å². The molecule has 0 fully saturated rings. The average molecular weight is 229 g/mol. The number of aliphatic carboxylic acids is 1. The predicted molar refractivity (Wildman–Crippen MR) is 55.0 cm³/mol. The number of hydrogen-bond donors (Lipinski definition) is 2. The largest absolute Gasteiger partial charge is 0.480 e. The molecule has 1 aromatic carbocycles. The molecule has 1 rings (SSSR count). The molecular weight excluding hydrogens is 216 g/mol. The monoisotopic (exact) mass is 229 g/mol. The molecule has 5 heteroatoms. The fourth-order valence-electron chi connectivity index (χ4n) is 1.53. The van der Waals surface area contributed by atoms with E-state index in [9.17, 15) is 13.6 Å². The molecule has 0 amide bonds. The number of carbonyl (C=O) groups is 1. The van der Waals surface area contributed by atoms with Gasteiger partial charge in [0, 0.05) is 5.56 Å². The van der Waals surface area contributed by atoms with Gasteiger partial charge in [-0.05, 0) is 19.5 Å². The minimum absolute atomic E-state index is 0.207. The van der Waals surface area contributed by atoms with E-state index >= 15 is 0 Å². The van der Waals surface area contributed by atoms with E-state index < -0.39 is 23.1 Å². The molecule has 0 saturated heterocycles. The van der Waals surface area contributed by atoms with Gasteiger partial charge in [0.05, 0.1) is 0 Å². The van der Waals surface area contributed by atoms with Crippen molar-refractivity contribution in [2.75, 3.05) is 6.54 Å². The highest BCUT2D eigenvalue weighted by atomic mass is 19.2. The topological polar surface area (TPSA) is 49.3 Å². The van der Waals surface area contributed by atoms with Crippen molar-refractivity contribution in [1.29, 1.82) is 0 Å². The number of rotatable bonds is 4. The highest BCUT2D eigenvalue weighted by Gasteiger charge is 2.37. The number of carboxylic acids is 1. The first-order valence-electron chi connectivity index (χ1n) is 4.86. The normalized spacial score (nSPS) is 14.5. The maximum absolute atomic E-state index is 13.5. The summed E-state index contributed by atoms with van der Waals surface area (Å²) in [6.45, 7) is 3.33. The zero-order valence-electron chi connectivity index (χ0n) is 9.05. The lowest BCUT2D eigenvalue weighted by molar-refractivity contribution is -0.144. The van der Waals surface area contributed by atoms with Gasteiger partial charge in [0.1, 0.15) is 5.54 Å². The fraction of sp³-hybridized carbons (Fsp3) is 0.364. The summed E-state index contributed by atoms with van der Waals surface area (Å²) in [4.78, 5) is 11.1. The van der Waals surface area contributed by atoms with E-state index in [1.165, 1.54) is 19.1 Å². The Morgan fingerprint density at radius 2 is 2.12 bits per heavy atom. The third-order valence-corrected chi connectivity index (χ3v) is 2.45. The Kier molecular flexibility index (Phi) is 3.59. The summed E-state index contributed by atoms with van der Waals surface area (Å²) in [5.74, 6) is -3.44. The second kappa shape index (κ2) is 4.57. The first kappa shape index (κ1) is 12.6. The molecular formula is C11H13F2NO2. The van der Waals surface area contributed by atoms with E-state index in [1.54, 1.807) is 6.92 Å². The second-order valence-electron chi connectivity index (χ2n) is 3.56. The SMILES string of the molecule is CCNC(C)(C(=O)O)c1cccc(F)c1F. The van der Waals surface area contributed by atoms with Gasteiger partial charge in [-0.1, -0.05) is 19.1 Å². The van der Waals surface area contributed by atoms with Gasteiger partial charge in [0.15, 0.2) is 11.6 Å². The van der Waals surface area contributed by atoms with Gasteiger partial charge in [-0.15, -0.1) is 0 Å². The molecule has 0 aliphatic rings. The maximum Gasteiger partial charge on any atom is 0.328 e. The van der Waals surface area contributed by atoms with Crippen LogP contribution in [0, 0.1) is 11.6 Å². The van der Waals surface area contributed by atoms with Crippen molar-refractivity contribution >= 4 is 5.97 Å². The van der Waals surface area contributed by atoms with Gasteiger partial charge in [-0.2, -0.15) is 0 Å². The van der Waals surface area contributed by atoms with Gasteiger partial charge in [-0.3, -0.25) is 5.32 Å². The highest BCUT2D eigenvalue weighted by molar-refractivity contribution is 5.80. The summed E-state index contributed by atoms with van der Waals surface area (Å²) in [7, 11) is 0. The zero-order valence-corrected chi connectivity index (χ0v) is 9.05. The maximum atomic E-state index is 13.5. The summed E-state index contributed by atoms with van der Waals surface area (Å²) in [5, 5.41) is 11.7. The second-order valence-corrected chi connectivity index (χ2v) is 3.56. The molecule has 1 aromatic rings. The molecule has 2 N–H and O–H groups in total. The van der Waals surface area contributed by atoms with Crippen molar-refractivity contribution in [2.45, 2.75) is 19.4 Å². The summed E-state index contributed by atoms with van der Waals surface area (Å²) in [5.41, 5.74) is -1.83. The van der Waals surface area contributed by atoms with Gasteiger partial charge in [-0.25, -0.2) is 13.6 Å². The molecule has 0 aliphatic heterocycles. The molecule has 1 atom stereocenters. The first-order chi connectivity index (χ1) is 7.43. The minimum atomic E-state index is -1.62. The first-order valence-corrected chi connectivity index (χ1v) is 4.86. The van der Waals surface area contributed by atoms with Crippen LogP contribution in [0.15, 0.2) is 18.2 Å². The lowest BCUT2D eigenvalue weighted by Crippen LogP contribution is -2.47. The van der Waals surface area contributed by atoms with E-state index in [0.717, 1.165) is 6.07 Å². The fourth-order valence-corrected chi connectivity index (χ4v) is 1.53. The van der Waals surface area contributed by atoms with Crippen LogP contribution in [-0.4, -0.2) is 17.6 Å². The molecule has 0 spiro atoms. The summed E-state index contributed by atoms with van der Waals surface area (Å²) in [6.07, 6.45) is 0. The third kappa shape index (κ3) is 2.04. The molecule has 0 radical (unpaired) electrons. The Morgan fingerprint density at radius 1 is 1.50 bits per heavy atom. The van der Waals surface area contributed by atoms with Crippen LogP contribution in [0.1, 0.15) is 19.4 Å². The molecule has 1 unspecified atom stereocenters. The quantitative estimate of drug-likeness (QED) is 0.828. The standard InChI is InChI=1S/C11H13F2NO2/c1-3-14-11(2,10(15)16)7-5-4-6-8(12)9(7)13/h4-6,14H,3H2,1-2H3,(H,15,16). The number of carboxylic acid groups (broad SMARTS) is 1. The molecule has 0 bridgehead atoms. The molecule has 0 aliphatic carbocycles. The Bertz CT molecular complexity index is 409. The molecule has 0 heterocycles. The van der Waals surface area contributed by atoms with Crippen molar-refractivity contribution in [3.8, 4) is 0 Å². The summed E-state index contributed by atoms with van der Waals surface area (Å²) in [6, 6.07) is 3.49. The van der Waals surface area contributed by atoms with Gasteiger partial charge >= 0.3 is 5.97 Å². The third-order valence-electron chi connectivity index (χ3n) is 2.45. The van der Waals surface area contributed by atoms with E-state index in [-0.39, 0.29) is 5.56 Å². The molecule has 0 aromatic heterocycles. The van der Waals surface area contributed by atoms with Gasteiger partial charge in [0.2, 0.25) is 0 Å². The number of likely N-dealkylation sites (N-methyl/N-ethyl adjacent to an activating group) is 1. The van der Waals surface area contributed by atoms with Crippen LogP contribution in [0.25, 0.3) is 0 Å². The van der Waals surface area contributed by atoms with Crippen molar-refractivity contribution in [1.82, 2.24) is 5.32 Å². The van der Waals surface area contributed by atoms with E-state index in [2.05, 4.69) is 5.32 Å². The van der Waals surface area contributed by atoms with Crippen molar-refractivity contribution in [2.24, 2.45) is 0 Å². The van der Waals surface area contributed by atoms with Gasteiger partial charge in [0.25, 0.3) is 0 Å². The van der Waals surface area contributed by atoms with Crippen LogP contribution in [0.3, 0.4) is 0 Å². The van der Waals surface area contributed by atoms with Crippen molar-refractivity contribution in [3.63, 3.8) is 0 Å². The Morgan fingerprint density at radius 3 is 2.62 bits per heavy atom. The lowest BCUT2D eigenvalue weighted by atomic mass is 9.91. The predicted octanol–water partition coefficient (Wildman–Crippen LogP) is 1.87. The van der Waals surface area contributed by atoms with Crippen LogP contribution in [-0.2, 0) is 10.3 Å². The molecule has 16 heavy (non-hydrogen) atoms. The average Bonchev–Trinajstić information content (AvgIpc) is 2.22. The van der Waals surface area contributed by atoms with Crippen LogP contribution in [0.5, 0.6) is 0 Å². The molecule has 3 nitrogen and oxygen atoms in total. The number of benzene rings is 1. The lowest BCUT2D eigenvalue weighted by Gasteiger charge is -2.26. The molecule has 88 valence electrons. The van der Waals surface area contributed by atoms with Gasteiger partial charge < -0.3 is 5.11 Å². The van der Waals surface area contributed by atoms with Crippen LogP contribution in [0.2, 0.25) is 0 Å². The summed E-state index contributed by atoms with van der Waals surface area (Å²) >= 11 is 0. The zero-order chi connectivity index (χ0) is 12.3. The molecule has 0 saturated carbocycles. The van der Waals surface area contributed by atoms with Crippen LogP contribution >= 0.6 is 0 Å². The van der Waals surface area contributed by atoms with Crippen LogP contribution < -0.4 is 5.32 Å². The highest BCUT2D eigenvalue weighted by Crippen LogP contribution is 2.25. The van der Waals surface area contributed by atoms with E-state index in [0.29, 0.717) is 6.54 Å². The minimum Gasteiger partial charge on any atom is -0.480 e. The van der Waals surface area contributed by atoms with E-state index in [1.807, 2.05) is 0 Å². The number of hydrogen-bond acceptors (Lipinski definition) is 2.